The summed E-state index contributed by atoms with van der Waals surface area (Å²) in [4.78, 5) is 4.31. The van der Waals surface area contributed by atoms with E-state index in [-0.39, 0.29) is 0 Å². The molecule has 70 valence electrons. The van der Waals surface area contributed by atoms with Crippen molar-refractivity contribution in [3.63, 3.8) is 0 Å². The number of aromatic nitrogens is 1. The van der Waals surface area contributed by atoms with E-state index in [1.807, 2.05) is 31.3 Å². The Morgan fingerprint density at radius 1 is 1.14 bits per heavy atom. The van der Waals surface area contributed by atoms with Crippen LogP contribution in [0.3, 0.4) is 0 Å². The standard InChI is InChI=1S/C12H10IN/c1-9-7-12(13)11(8-14-9)10-5-3-2-4-6-10/h2-8H,1H3. The van der Waals surface area contributed by atoms with Crippen molar-refractivity contribution in [3.05, 3.63) is 51.9 Å². The number of pyridine rings is 1. The van der Waals surface area contributed by atoms with Crippen LogP contribution < -0.4 is 0 Å². The number of hydrogen-bond acceptors (Lipinski definition) is 1. The molecule has 0 unspecified atom stereocenters. The van der Waals surface area contributed by atoms with Gasteiger partial charge in [0.05, 0.1) is 0 Å². The number of halogens is 1. The van der Waals surface area contributed by atoms with Crippen LogP contribution in [0.25, 0.3) is 11.1 Å². The van der Waals surface area contributed by atoms with Crippen LogP contribution in [-0.4, -0.2) is 4.98 Å². The predicted octanol–water partition coefficient (Wildman–Crippen LogP) is 3.66. The summed E-state index contributed by atoms with van der Waals surface area (Å²) in [6.07, 6.45) is 1.94. The molecular formula is C12H10IN. The maximum atomic E-state index is 4.31. The Morgan fingerprint density at radius 3 is 2.50 bits per heavy atom. The van der Waals surface area contributed by atoms with Crippen LogP contribution in [0.4, 0.5) is 0 Å². The first-order chi connectivity index (χ1) is 6.77. The second-order valence-electron chi connectivity index (χ2n) is 3.17. The molecule has 1 nitrogen and oxygen atoms in total. The van der Waals surface area contributed by atoms with E-state index in [1.165, 1.54) is 14.7 Å². The summed E-state index contributed by atoms with van der Waals surface area (Å²) < 4.78 is 1.25. The van der Waals surface area contributed by atoms with Crippen LogP contribution in [0.1, 0.15) is 5.69 Å². The maximum absolute atomic E-state index is 4.31. The zero-order valence-electron chi connectivity index (χ0n) is 7.87. The molecule has 0 amide bonds. The molecule has 2 rings (SSSR count). The van der Waals surface area contributed by atoms with Gasteiger partial charge in [-0.25, -0.2) is 0 Å². The van der Waals surface area contributed by atoms with Crippen molar-refractivity contribution >= 4 is 22.6 Å². The van der Waals surface area contributed by atoms with Gasteiger partial charge >= 0.3 is 0 Å². The fraction of sp³-hybridized carbons (Fsp3) is 0.0833. The lowest BCUT2D eigenvalue weighted by Crippen LogP contribution is -1.87. The summed E-state index contributed by atoms with van der Waals surface area (Å²) in [5, 5.41) is 0. The van der Waals surface area contributed by atoms with E-state index in [9.17, 15) is 0 Å². The first-order valence-corrected chi connectivity index (χ1v) is 5.53. The Bertz CT molecular complexity index is 437. The molecule has 14 heavy (non-hydrogen) atoms. The Hall–Kier alpha value is -0.900. The highest BCUT2D eigenvalue weighted by atomic mass is 127. The van der Waals surface area contributed by atoms with Gasteiger partial charge < -0.3 is 0 Å². The smallest absolute Gasteiger partial charge is 0.0383 e. The Morgan fingerprint density at radius 2 is 1.86 bits per heavy atom. The van der Waals surface area contributed by atoms with E-state index in [0.29, 0.717) is 0 Å². The topological polar surface area (TPSA) is 12.9 Å². The van der Waals surface area contributed by atoms with Gasteiger partial charge in [-0.3, -0.25) is 4.98 Å². The van der Waals surface area contributed by atoms with E-state index < -0.39 is 0 Å². The van der Waals surface area contributed by atoms with Crippen molar-refractivity contribution in [1.29, 1.82) is 0 Å². The predicted molar refractivity (Wildman–Crippen MR) is 67.1 cm³/mol. The number of rotatable bonds is 1. The molecule has 1 aromatic heterocycles. The van der Waals surface area contributed by atoms with Gasteiger partial charge in [0.15, 0.2) is 0 Å². The molecule has 0 fully saturated rings. The molecule has 0 spiro atoms. The number of benzene rings is 1. The Labute approximate surface area is 97.3 Å². The van der Waals surface area contributed by atoms with Crippen molar-refractivity contribution in [2.75, 3.05) is 0 Å². The largest absolute Gasteiger partial charge is 0.261 e. The molecule has 0 atom stereocenters. The van der Waals surface area contributed by atoms with Crippen molar-refractivity contribution in [2.24, 2.45) is 0 Å². The maximum Gasteiger partial charge on any atom is 0.0383 e. The summed E-state index contributed by atoms with van der Waals surface area (Å²) in [7, 11) is 0. The second kappa shape index (κ2) is 4.09. The van der Waals surface area contributed by atoms with Crippen LogP contribution in [0.2, 0.25) is 0 Å². The highest BCUT2D eigenvalue weighted by Gasteiger charge is 2.02. The number of aryl methyl sites for hydroxylation is 1. The lowest BCUT2D eigenvalue weighted by atomic mass is 10.1. The molecule has 0 N–H and O–H groups in total. The third-order valence-corrected chi connectivity index (χ3v) is 2.97. The van der Waals surface area contributed by atoms with Gasteiger partial charge in [-0.2, -0.15) is 0 Å². The molecule has 0 aliphatic heterocycles. The molecule has 2 aromatic rings. The van der Waals surface area contributed by atoms with E-state index in [0.717, 1.165) is 5.69 Å². The van der Waals surface area contributed by atoms with Gasteiger partial charge in [0.2, 0.25) is 0 Å². The van der Waals surface area contributed by atoms with Crippen LogP contribution in [0, 0.1) is 10.5 Å². The SMILES string of the molecule is Cc1cc(I)c(-c2ccccc2)cn1. The van der Waals surface area contributed by atoms with Crippen LogP contribution in [0.5, 0.6) is 0 Å². The van der Waals surface area contributed by atoms with Crippen molar-refractivity contribution in [1.82, 2.24) is 4.98 Å². The summed E-state index contributed by atoms with van der Waals surface area (Å²) in [6.45, 7) is 2.01. The lowest BCUT2D eigenvalue weighted by molar-refractivity contribution is 1.19. The third kappa shape index (κ3) is 1.95. The average Bonchev–Trinajstić information content (AvgIpc) is 2.19. The molecule has 2 heteroatoms. The van der Waals surface area contributed by atoms with Crippen LogP contribution in [0.15, 0.2) is 42.6 Å². The number of nitrogens with zero attached hydrogens (tertiary/aromatic N) is 1. The number of hydrogen-bond donors (Lipinski definition) is 0. The second-order valence-corrected chi connectivity index (χ2v) is 4.33. The van der Waals surface area contributed by atoms with Gasteiger partial charge in [-0.1, -0.05) is 30.3 Å². The summed E-state index contributed by atoms with van der Waals surface area (Å²) in [6, 6.07) is 12.4. The van der Waals surface area contributed by atoms with E-state index >= 15 is 0 Å². The summed E-state index contributed by atoms with van der Waals surface area (Å²) in [5.41, 5.74) is 3.50. The van der Waals surface area contributed by atoms with Crippen LogP contribution in [-0.2, 0) is 0 Å². The van der Waals surface area contributed by atoms with E-state index in [2.05, 4.69) is 45.8 Å². The van der Waals surface area contributed by atoms with Crippen molar-refractivity contribution in [2.45, 2.75) is 6.92 Å². The molecular weight excluding hydrogens is 285 g/mol. The lowest BCUT2D eigenvalue weighted by Gasteiger charge is -2.04. The van der Waals surface area contributed by atoms with Crippen LogP contribution >= 0.6 is 22.6 Å². The van der Waals surface area contributed by atoms with Gasteiger partial charge in [-0.05, 0) is 41.1 Å². The molecule has 0 aliphatic carbocycles. The summed E-state index contributed by atoms with van der Waals surface area (Å²) in [5.74, 6) is 0. The van der Waals surface area contributed by atoms with E-state index in [1.54, 1.807) is 0 Å². The Balaban J connectivity index is 2.53. The monoisotopic (exact) mass is 295 g/mol. The van der Waals surface area contributed by atoms with Gasteiger partial charge in [0, 0.05) is 21.0 Å². The minimum atomic E-state index is 1.06. The normalized spacial score (nSPS) is 10.1. The van der Waals surface area contributed by atoms with Gasteiger partial charge in [-0.15, -0.1) is 0 Å². The van der Waals surface area contributed by atoms with E-state index in [4.69, 9.17) is 0 Å². The summed E-state index contributed by atoms with van der Waals surface area (Å²) >= 11 is 2.35. The molecule has 0 saturated heterocycles. The third-order valence-electron chi connectivity index (χ3n) is 2.07. The fourth-order valence-corrected chi connectivity index (χ4v) is 2.26. The average molecular weight is 295 g/mol. The molecule has 0 radical (unpaired) electrons. The quantitative estimate of drug-likeness (QED) is 0.732. The molecule has 0 bridgehead atoms. The first-order valence-electron chi connectivity index (χ1n) is 4.45. The zero-order valence-corrected chi connectivity index (χ0v) is 10.0. The fourth-order valence-electron chi connectivity index (χ4n) is 1.36. The minimum Gasteiger partial charge on any atom is -0.261 e. The van der Waals surface area contributed by atoms with Crippen molar-refractivity contribution < 1.29 is 0 Å². The zero-order chi connectivity index (χ0) is 9.97. The highest BCUT2D eigenvalue weighted by Crippen LogP contribution is 2.24. The molecule has 1 aromatic carbocycles. The Kier molecular flexibility index (Phi) is 2.82. The van der Waals surface area contributed by atoms with Crippen molar-refractivity contribution in [3.8, 4) is 11.1 Å². The molecule has 1 heterocycles. The molecule has 0 saturated carbocycles. The first kappa shape index (κ1) is 9.65. The molecule has 0 aliphatic rings. The highest BCUT2D eigenvalue weighted by molar-refractivity contribution is 14.1. The van der Waals surface area contributed by atoms with Gasteiger partial charge in [0.1, 0.15) is 0 Å². The minimum absolute atomic E-state index is 1.06. The van der Waals surface area contributed by atoms with Gasteiger partial charge in [0.25, 0.3) is 0 Å².